The minimum absolute atomic E-state index is 0.0245. The molecule has 1 aromatic carbocycles. The Morgan fingerprint density at radius 1 is 1.40 bits per heavy atom. The summed E-state index contributed by atoms with van der Waals surface area (Å²) in [5.74, 6) is 0.330. The van der Waals surface area contributed by atoms with E-state index in [1.54, 1.807) is 18.3 Å². The average molecular weight is 358 g/mol. The van der Waals surface area contributed by atoms with E-state index in [1.807, 2.05) is 13.8 Å². The quantitative estimate of drug-likeness (QED) is 0.606. The van der Waals surface area contributed by atoms with Crippen LogP contribution in [0.1, 0.15) is 11.3 Å². The monoisotopic (exact) mass is 358 g/mol. The first kappa shape index (κ1) is 17.1. The first-order valence-electron chi connectivity index (χ1n) is 7.59. The number of methoxy groups -OCH3 is 1. The van der Waals surface area contributed by atoms with Gasteiger partial charge in [0.05, 0.1) is 30.1 Å². The van der Waals surface area contributed by atoms with Crippen molar-refractivity contribution in [2.45, 2.75) is 19.0 Å². The Morgan fingerprint density at radius 2 is 2.20 bits per heavy atom. The molecule has 0 saturated carbocycles. The summed E-state index contributed by atoms with van der Waals surface area (Å²) >= 11 is 1.31. The molecule has 3 N–H and O–H groups in total. The molecule has 8 heteroatoms. The summed E-state index contributed by atoms with van der Waals surface area (Å²) in [5.41, 5.74) is 4.19. The first-order valence-corrected chi connectivity index (χ1v) is 8.58. The van der Waals surface area contributed by atoms with Gasteiger partial charge in [0.2, 0.25) is 5.91 Å². The number of aromatic amines is 1. The van der Waals surface area contributed by atoms with Gasteiger partial charge in [0, 0.05) is 17.4 Å². The number of imidazole rings is 1. The van der Waals surface area contributed by atoms with Gasteiger partial charge in [0.1, 0.15) is 0 Å². The van der Waals surface area contributed by atoms with Crippen LogP contribution in [-0.4, -0.2) is 38.8 Å². The van der Waals surface area contributed by atoms with Crippen LogP contribution in [0, 0.1) is 13.8 Å². The third kappa shape index (κ3) is 3.69. The third-order valence-corrected chi connectivity index (χ3v) is 4.67. The van der Waals surface area contributed by atoms with Crippen molar-refractivity contribution >= 4 is 34.4 Å². The number of anilines is 1. The lowest BCUT2D eigenvalue weighted by Crippen LogP contribution is -2.14. The number of aromatic nitrogens is 3. The lowest BCUT2D eigenvalue weighted by Gasteiger charge is -2.07. The highest BCUT2D eigenvalue weighted by Crippen LogP contribution is 2.29. The predicted octanol–water partition coefficient (Wildman–Crippen LogP) is 3.02. The van der Waals surface area contributed by atoms with Gasteiger partial charge in [-0.1, -0.05) is 11.8 Å². The molecule has 0 fully saturated rings. The topological polar surface area (TPSA) is 100 Å². The summed E-state index contributed by atoms with van der Waals surface area (Å²) in [7, 11) is 1.47. The zero-order chi connectivity index (χ0) is 18.0. The van der Waals surface area contributed by atoms with Crippen molar-refractivity contribution in [3.05, 3.63) is 35.7 Å². The number of hydrogen-bond acceptors (Lipinski definition) is 6. The molecule has 7 nitrogen and oxygen atoms in total. The molecule has 0 radical (unpaired) electrons. The fourth-order valence-electron chi connectivity index (χ4n) is 2.34. The SMILES string of the molecule is COc1ccc(NC(=O)CSc2nc3c(C)c(C)ncc3[nH]2)cc1O. The lowest BCUT2D eigenvalue weighted by atomic mass is 10.2. The molecular weight excluding hydrogens is 340 g/mol. The number of ether oxygens (including phenoxy) is 1. The molecule has 2 aromatic heterocycles. The number of aromatic hydroxyl groups is 1. The second kappa shape index (κ2) is 7.02. The number of hydrogen-bond donors (Lipinski definition) is 3. The molecule has 130 valence electrons. The molecule has 0 aliphatic carbocycles. The minimum atomic E-state index is -0.193. The Hall–Kier alpha value is -2.74. The summed E-state index contributed by atoms with van der Waals surface area (Å²) in [6.45, 7) is 3.91. The summed E-state index contributed by atoms with van der Waals surface area (Å²) in [6.07, 6.45) is 1.74. The molecular formula is C17H18N4O3S. The van der Waals surface area contributed by atoms with Crippen molar-refractivity contribution in [1.82, 2.24) is 15.0 Å². The van der Waals surface area contributed by atoms with E-state index in [2.05, 4.69) is 20.3 Å². The van der Waals surface area contributed by atoms with E-state index >= 15 is 0 Å². The van der Waals surface area contributed by atoms with Crippen molar-refractivity contribution in [2.75, 3.05) is 18.2 Å². The minimum Gasteiger partial charge on any atom is -0.504 e. The maximum Gasteiger partial charge on any atom is 0.234 e. The predicted molar refractivity (Wildman–Crippen MR) is 97.4 cm³/mol. The fraction of sp³-hybridized carbons (Fsp3) is 0.235. The highest BCUT2D eigenvalue weighted by Gasteiger charge is 2.11. The van der Waals surface area contributed by atoms with E-state index in [0.717, 1.165) is 22.3 Å². The Labute approximate surface area is 148 Å². The van der Waals surface area contributed by atoms with Crippen LogP contribution < -0.4 is 10.1 Å². The van der Waals surface area contributed by atoms with Crippen molar-refractivity contribution in [1.29, 1.82) is 0 Å². The number of thioether (sulfide) groups is 1. The van der Waals surface area contributed by atoms with Crippen LogP contribution in [0.4, 0.5) is 5.69 Å². The second-order valence-electron chi connectivity index (χ2n) is 5.50. The van der Waals surface area contributed by atoms with E-state index in [-0.39, 0.29) is 17.4 Å². The number of phenols is 1. The fourth-order valence-corrected chi connectivity index (χ4v) is 3.02. The highest BCUT2D eigenvalue weighted by atomic mass is 32.2. The molecule has 0 bridgehead atoms. The number of pyridine rings is 1. The molecule has 0 unspecified atom stereocenters. The molecule has 3 aromatic rings. The van der Waals surface area contributed by atoms with Crippen LogP contribution in [0.15, 0.2) is 29.6 Å². The van der Waals surface area contributed by atoms with Gasteiger partial charge in [0.15, 0.2) is 16.7 Å². The maximum atomic E-state index is 12.1. The van der Waals surface area contributed by atoms with E-state index in [1.165, 1.54) is 24.9 Å². The number of benzene rings is 1. The highest BCUT2D eigenvalue weighted by molar-refractivity contribution is 7.99. The molecule has 1 amide bonds. The molecule has 25 heavy (non-hydrogen) atoms. The number of carbonyl (C=O) groups excluding carboxylic acids is 1. The van der Waals surface area contributed by atoms with Gasteiger partial charge in [-0.3, -0.25) is 9.78 Å². The van der Waals surface area contributed by atoms with Gasteiger partial charge >= 0.3 is 0 Å². The van der Waals surface area contributed by atoms with Gasteiger partial charge in [-0.2, -0.15) is 0 Å². The van der Waals surface area contributed by atoms with Gasteiger partial charge in [-0.05, 0) is 31.5 Å². The number of aryl methyl sites for hydroxylation is 2. The second-order valence-corrected chi connectivity index (χ2v) is 6.46. The van der Waals surface area contributed by atoms with E-state index in [9.17, 15) is 9.90 Å². The van der Waals surface area contributed by atoms with Gasteiger partial charge in [-0.15, -0.1) is 0 Å². The van der Waals surface area contributed by atoms with Crippen LogP contribution in [0.5, 0.6) is 11.5 Å². The number of amides is 1. The molecule has 2 heterocycles. The van der Waals surface area contributed by atoms with Crippen molar-refractivity contribution in [3.8, 4) is 11.5 Å². The largest absolute Gasteiger partial charge is 0.504 e. The van der Waals surface area contributed by atoms with E-state index in [4.69, 9.17) is 4.74 Å². The van der Waals surface area contributed by atoms with Gasteiger partial charge < -0.3 is 20.1 Å². The molecule has 0 saturated heterocycles. The van der Waals surface area contributed by atoms with Gasteiger partial charge in [0.25, 0.3) is 0 Å². The Bertz CT molecular complexity index is 939. The first-order chi connectivity index (χ1) is 12.0. The summed E-state index contributed by atoms with van der Waals surface area (Å²) in [4.78, 5) is 24.1. The summed E-state index contributed by atoms with van der Waals surface area (Å²) in [5, 5.41) is 13.1. The molecule has 0 spiro atoms. The van der Waals surface area contributed by atoms with Crippen molar-refractivity contribution < 1.29 is 14.6 Å². The van der Waals surface area contributed by atoms with Gasteiger partial charge in [-0.25, -0.2) is 4.98 Å². The molecule has 0 atom stereocenters. The van der Waals surface area contributed by atoms with Crippen LogP contribution in [-0.2, 0) is 4.79 Å². The van der Waals surface area contributed by atoms with Crippen molar-refractivity contribution in [3.63, 3.8) is 0 Å². The lowest BCUT2D eigenvalue weighted by molar-refractivity contribution is -0.113. The van der Waals surface area contributed by atoms with E-state index in [0.29, 0.717) is 16.6 Å². The zero-order valence-electron chi connectivity index (χ0n) is 14.1. The molecule has 3 rings (SSSR count). The van der Waals surface area contributed by atoms with Crippen LogP contribution in [0.25, 0.3) is 11.0 Å². The average Bonchev–Trinajstić information content (AvgIpc) is 3.01. The summed E-state index contributed by atoms with van der Waals surface area (Å²) in [6, 6.07) is 4.70. The smallest absolute Gasteiger partial charge is 0.234 e. The molecule has 0 aliphatic heterocycles. The number of H-pyrrole nitrogens is 1. The Balaban J connectivity index is 1.64. The summed E-state index contributed by atoms with van der Waals surface area (Å²) < 4.78 is 4.97. The van der Waals surface area contributed by atoms with E-state index < -0.39 is 0 Å². The van der Waals surface area contributed by atoms with Crippen LogP contribution in [0.2, 0.25) is 0 Å². The number of fused-ring (bicyclic) bond motifs is 1. The van der Waals surface area contributed by atoms with Crippen molar-refractivity contribution in [2.24, 2.45) is 0 Å². The third-order valence-electron chi connectivity index (χ3n) is 3.80. The number of carbonyl (C=O) groups is 1. The van der Waals surface area contributed by atoms with Crippen LogP contribution in [0.3, 0.4) is 0 Å². The van der Waals surface area contributed by atoms with Crippen LogP contribution >= 0.6 is 11.8 Å². The zero-order valence-corrected chi connectivity index (χ0v) is 14.9. The number of rotatable bonds is 5. The Morgan fingerprint density at radius 3 is 2.92 bits per heavy atom. The normalized spacial score (nSPS) is 10.8. The number of nitrogens with zero attached hydrogens (tertiary/aromatic N) is 2. The standard InChI is InChI=1S/C17H18N4O3S/c1-9-10(2)18-7-12-16(9)21-17(20-12)25-8-15(23)19-11-4-5-14(24-3)13(22)6-11/h4-7,22H,8H2,1-3H3,(H,19,23)(H,20,21). The Kier molecular flexibility index (Phi) is 4.80. The number of phenolic OH excluding ortho intramolecular Hbond substituents is 1. The molecule has 0 aliphatic rings. The number of nitrogens with one attached hydrogen (secondary N) is 2. The maximum absolute atomic E-state index is 12.1.